The first-order valence-corrected chi connectivity index (χ1v) is 5.72. The van der Waals surface area contributed by atoms with Crippen molar-refractivity contribution in [3.8, 4) is 0 Å². The predicted molar refractivity (Wildman–Crippen MR) is 61.9 cm³/mol. The molecule has 0 saturated heterocycles. The number of aliphatic hydroxyl groups excluding tert-OH is 1. The van der Waals surface area contributed by atoms with Crippen molar-refractivity contribution in [1.82, 2.24) is 0 Å². The first-order valence-electron chi connectivity index (χ1n) is 5.72. The van der Waals surface area contributed by atoms with Crippen molar-refractivity contribution in [2.75, 3.05) is 6.54 Å². The van der Waals surface area contributed by atoms with Crippen LogP contribution in [0.25, 0.3) is 0 Å². The molecule has 1 aromatic carbocycles. The van der Waals surface area contributed by atoms with Gasteiger partial charge in [0.15, 0.2) is 0 Å². The second kappa shape index (κ2) is 4.33. The van der Waals surface area contributed by atoms with E-state index in [1.165, 1.54) is 36.0 Å². The summed E-state index contributed by atoms with van der Waals surface area (Å²) in [6.45, 7) is 2.37. The molecule has 0 bridgehead atoms. The topological polar surface area (TPSA) is 46.2 Å². The van der Waals surface area contributed by atoms with Crippen molar-refractivity contribution >= 4 is 0 Å². The molecule has 0 radical (unpaired) electrons. The molecule has 0 amide bonds. The minimum absolute atomic E-state index is 0.140. The van der Waals surface area contributed by atoms with E-state index in [0.717, 1.165) is 0 Å². The highest BCUT2D eigenvalue weighted by atomic mass is 16.3. The number of rotatable bonds is 3. The molecule has 15 heavy (non-hydrogen) atoms. The van der Waals surface area contributed by atoms with Crippen LogP contribution in [-0.2, 0) is 12.8 Å². The average molecular weight is 205 g/mol. The van der Waals surface area contributed by atoms with Gasteiger partial charge >= 0.3 is 0 Å². The Bertz CT molecular complexity index is 348. The second-order valence-electron chi connectivity index (χ2n) is 4.47. The van der Waals surface area contributed by atoms with E-state index >= 15 is 0 Å². The SMILES string of the molecule is CC(c1ccc2c(c1)CCC2)C(O)CN. The molecule has 2 rings (SSSR count). The average Bonchev–Trinajstić information content (AvgIpc) is 2.73. The summed E-state index contributed by atoms with van der Waals surface area (Å²) in [4.78, 5) is 0. The van der Waals surface area contributed by atoms with Crippen LogP contribution >= 0.6 is 0 Å². The van der Waals surface area contributed by atoms with Crippen LogP contribution in [0.3, 0.4) is 0 Å². The smallest absolute Gasteiger partial charge is 0.0728 e. The molecule has 0 fully saturated rings. The maximum atomic E-state index is 9.70. The van der Waals surface area contributed by atoms with Gasteiger partial charge in [0.25, 0.3) is 0 Å². The Morgan fingerprint density at radius 1 is 1.33 bits per heavy atom. The molecule has 2 nitrogen and oxygen atoms in total. The summed E-state index contributed by atoms with van der Waals surface area (Å²) in [6, 6.07) is 6.58. The number of hydrogen-bond acceptors (Lipinski definition) is 2. The Kier molecular flexibility index (Phi) is 3.08. The van der Waals surface area contributed by atoms with Crippen LogP contribution < -0.4 is 5.73 Å². The molecule has 3 N–H and O–H groups in total. The third-order valence-corrected chi connectivity index (χ3v) is 3.47. The molecule has 2 unspecified atom stereocenters. The highest BCUT2D eigenvalue weighted by Crippen LogP contribution is 2.27. The van der Waals surface area contributed by atoms with Gasteiger partial charge in [0.2, 0.25) is 0 Å². The molecule has 1 aromatic rings. The van der Waals surface area contributed by atoms with Crippen LogP contribution in [0.2, 0.25) is 0 Å². The van der Waals surface area contributed by atoms with Crippen molar-refractivity contribution in [1.29, 1.82) is 0 Å². The van der Waals surface area contributed by atoms with Crippen LogP contribution in [0, 0.1) is 0 Å². The van der Waals surface area contributed by atoms with E-state index in [-0.39, 0.29) is 5.92 Å². The van der Waals surface area contributed by atoms with Gasteiger partial charge in [-0.05, 0) is 36.0 Å². The Morgan fingerprint density at radius 3 is 2.80 bits per heavy atom. The zero-order valence-corrected chi connectivity index (χ0v) is 9.24. The van der Waals surface area contributed by atoms with Crippen molar-refractivity contribution in [2.24, 2.45) is 5.73 Å². The lowest BCUT2D eigenvalue weighted by Crippen LogP contribution is -2.25. The van der Waals surface area contributed by atoms with E-state index in [1.807, 2.05) is 6.92 Å². The Labute approximate surface area is 91.1 Å². The summed E-state index contributed by atoms with van der Waals surface area (Å²) in [7, 11) is 0. The lowest BCUT2D eigenvalue weighted by atomic mass is 9.93. The van der Waals surface area contributed by atoms with Crippen molar-refractivity contribution in [3.05, 3.63) is 34.9 Å². The van der Waals surface area contributed by atoms with E-state index in [9.17, 15) is 5.11 Å². The standard InChI is InChI=1S/C13H19NO/c1-9(13(15)8-14)11-6-5-10-3-2-4-12(10)7-11/h5-7,9,13,15H,2-4,8,14H2,1H3. The number of nitrogens with two attached hydrogens (primary N) is 1. The Hall–Kier alpha value is -0.860. The summed E-state index contributed by atoms with van der Waals surface area (Å²) >= 11 is 0. The van der Waals surface area contributed by atoms with Gasteiger partial charge in [0.1, 0.15) is 0 Å². The van der Waals surface area contributed by atoms with Crippen molar-refractivity contribution < 1.29 is 5.11 Å². The highest BCUT2D eigenvalue weighted by molar-refractivity contribution is 5.36. The lowest BCUT2D eigenvalue weighted by molar-refractivity contribution is 0.157. The highest BCUT2D eigenvalue weighted by Gasteiger charge is 2.17. The summed E-state index contributed by atoms with van der Waals surface area (Å²) < 4.78 is 0. The van der Waals surface area contributed by atoms with Gasteiger partial charge in [-0.1, -0.05) is 25.1 Å². The summed E-state index contributed by atoms with van der Waals surface area (Å²) in [6.07, 6.45) is 3.24. The van der Waals surface area contributed by atoms with Gasteiger partial charge in [-0.25, -0.2) is 0 Å². The minimum Gasteiger partial charge on any atom is -0.391 e. The summed E-state index contributed by atoms with van der Waals surface area (Å²) in [5, 5.41) is 9.70. The first kappa shape index (κ1) is 10.7. The fourth-order valence-corrected chi connectivity index (χ4v) is 2.30. The summed E-state index contributed by atoms with van der Waals surface area (Å²) in [5.41, 5.74) is 9.63. The zero-order chi connectivity index (χ0) is 10.8. The number of aliphatic hydroxyl groups is 1. The van der Waals surface area contributed by atoms with Crippen LogP contribution in [0.4, 0.5) is 0 Å². The molecular formula is C13H19NO. The third kappa shape index (κ3) is 2.06. The van der Waals surface area contributed by atoms with Crippen LogP contribution in [0.1, 0.15) is 36.0 Å². The van der Waals surface area contributed by atoms with E-state index in [1.54, 1.807) is 0 Å². The molecule has 82 valence electrons. The van der Waals surface area contributed by atoms with Crippen molar-refractivity contribution in [3.63, 3.8) is 0 Å². The zero-order valence-electron chi connectivity index (χ0n) is 9.24. The fourth-order valence-electron chi connectivity index (χ4n) is 2.30. The molecule has 1 aliphatic rings. The fraction of sp³-hybridized carbons (Fsp3) is 0.538. The van der Waals surface area contributed by atoms with Crippen LogP contribution in [0.5, 0.6) is 0 Å². The molecule has 2 heteroatoms. The second-order valence-corrected chi connectivity index (χ2v) is 4.47. The molecule has 0 heterocycles. The van der Waals surface area contributed by atoms with E-state index in [0.29, 0.717) is 6.54 Å². The van der Waals surface area contributed by atoms with Gasteiger partial charge in [-0.2, -0.15) is 0 Å². The molecule has 2 atom stereocenters. The third-order valence-electron chi connectivity index (χ3n) is 3.47. The lowest BCUT2D eigenvalue weighted by Gasteiger charge is -2.18. The van der Waals surface area contributed by atoms with E-state index < -0.39 is 6.10 Å². The van der Waals surface area contributed by atoms with Gasteiger partial charge in [-0.3, -0.25) is 0 Å². The maximum absolute atomic E-state index is 9.70. The Balaban J connectivity index is 2.22. The molecular weight excluding hydrogens is 186 g/mol. The predicted octanol–water partition coefficient (Wildman–Crippen LogP) is 1.60. The number of aryl methyl sites for hydroxylation is 2. The molecule has 0 aliphatic heterocycles. The molecule has 0 aromatic heterocycles. The van der Waals surface area contributed by atoms with Crippen LogP contribution in [-0.4, -0.2) is 17.8 Å². The van der Waals surface area contributed by atoms with Gasteiger partial charge in [0.05, 0.1) is 6.10 Å². The summed E-state index contributed by atoms with van der Waals surface area (Å²) in [5.74, 6) is 0.140. The molecule has 1 aliphatic carbocycles. The monoisotopic (exact) mass is 205 g/mol. The first-order chi connectivity index (χ1) is 7.22. The minimum atomic E-state index is -0.426. The molecule has 0 saturated carbocycles. The maximum Gasteiger partial charge on any atom is 0.0728 e. The number of benzene rings is 1. The number of fused-ring (bicyclic) bond motifs is 1. The quantitative estimate of drug-likeness (QED) is 0.787. The Morgan fingerprint density at radius 2 is 2.07 bits per heavy atom. The van der Waals surface area contributed by atoms with Gasteiger partial charge in [-0.15, -0.1) is 0 Å². The van der Waals surface area contributed by atoms with Gasteiger partial charge in [0, 0.05) is 12.5 Å². The number of hydrogen-bond donors (Lipinski definition) is 2. The normalized spacial score (nSPS) is 18.6. The van der Waals surface area contributed by atoms with E-state index in [4.69, 9.17) is 5.73 Å². The van der Waals surface area contributed by atoms with Crippen molar-refractivity contribution in [2.45, 2.75) is 38.2 Å². The molecule has 0 spiro atoms. The largest absolute Gasteiger partial charge is 0.391 e. The van der Waals surface area contributed by atoms with Gasteiger partial charge < -0.3 is 10.8 Å². The van der Waals surface area contributed by atoms with Crippen LogP contribution in [0.15, 0.2) is 18.2 Å². The van der Waals surface area contributed by atoms with E-state index in [2.05, 4.69) is 18.2 Å².